The SMILES string of the molecule is CCC(CC)C(=O)N(CC(=O)N1CC(=O)N(c2cccc(Cl)c2)C1)C1CC1. The van der Waals surface area contributed by atoms with Crippen molar-refractivity contribution in [2.24, 2.45) is 5.92 Å². The van der Waals surface area contributed by atoms with Gasteiger partial charge in [-0.2, -0.15) is 0 Å². The van der Waals surface area contributed by atoms with E-state index in [-0.39, 0.29) is 49.4 Å². The van der Waals surface area contributed by atoms with E-state index in [0.29, 0.717) is 10.7 Å². The summed E-state index contributed by atoms with van der Waals surface area (Å²) in [5, 5.41) is 0.542. The van der Waals surface area contributed by atoms with E-state index in [9.17, 15) is 14.4 Å². The van der Waals surface area contributed by atoms with E-state index in [1.165, 1.54) is 4.90 Å². The van der Waals surface area contributed by atoms with Crippen molar-refractivity contribution < 1.29 is 14.4 Å². The van der Waals surface area contributed by atoms with Crippen molar-refractivity contribution in [2.45, 2.75) is 45.6 Å². The number of amides is 3. The van der Waals surface area contributed by atoms with Gasteiger partial charge in [0.25, 0.3) is 0 Å². The molecule has 1 heterocycles. The highest BCUT2D eigenvalue weighted by molar-refractivity contribution is 6.31. The minimum Gasteiger partial charge on any atom is -0.330 e. The Kier molecular flexibility index (Phi) is 6.05. The maximum atomic E-state index is 12.8. The summed E-state index contributed by atoms with van der Waals surface area (Å²) in [6.45, 7) is 4.28. The Morgan fingerprint density at radius 2 is 1.96 bits per heavy atom. The van der Waals surface area contributed by atoms with Gasteiger partial charge in [0, 0.05) is 22.7 Å². The molecule has 0 radical (unpaired) electrons. The molecule has 1 aromatic rings. The Balaban J connectivity index is 1.67. The van der Waals surface area contributed by atoms with Crippen LogP contribution in [-0.2, 0) is 14.4 Å². The quantitative estimate of drug-likeness (QED) is 0.718. The van der Waals surface area contributed by atoms with Crippen LogP contribution in [0.25, 0.3) is 0 Å². The van der Waals surface area contributed by atoms with E-state index >= 15 is 0 Å². The first kappa shape index (κ1) is 19.7. The molecule has 0 spiro atoms. The van der Waals surface area contributed by atoms with Gasteiger partial charge in [0.05, 0.1) is 0 Å². The van der Waals surface area contributed by atoms with Gasteiger partial charge in [-0.15, -0.1) is 0 Å². The van der Waals surface area contributed by atoms with E-state index in [4.69, 9.17) is 11.6 Å². The number of halogens is 1. The van der Waals surface area contributed by atoms with Crippen LogP contribution in [-0.4, -0.2) is 53.3 Å². The second-order valence-corrected chi connectivity index (χ2v) is 7.68. The Bertz CT molecular complexity index is 731. The Morgan fingerprint density at radius 1 is 1.26 bits per heavy atom. The van der Waals surface area contributed by atoms with Crippen molar-refractivity contribution in [1.29, 1.82) is 0 Å². The monoisotopic (exact) mass is 391 g/mol. The zero-order valence-corrected chi connectivity index (χ0v) is 16.6. The molecule has 0 aromatic heterocycles. The van der Waals surface area contributed by atoms with Crippen molar-refractivity contribution >= 4 is 35.0 Å². The Morgan fingerprint density at radius 3 is 2.56 bits per heavy atom. The minimum absolute atomic E-state index is 0.0308. The lowest BCUT2D eigenvalue weighted by molar-refractivity contribution is -0.143. The molecule has 1 aliphatic heterocycles. The molecule has 0 atom stereocenters. The average Bonchev–Trinajstić information content (AvgIpc) is 3.41. The van der Waals surface area contributed by atoms with Gasteiger partial charge < -0.3 is 9.80 Å². The molecule has 0 bridgehead atoms. The van der Waals surface area contributed by atoms with Crippen LogP contribution in [0.1, 0.15) is 39.5 Å². The standard InChI is InChI=1S/C20H26ClN3O3/c1-3-14(4-2)20(27)23(16-8-9-16)12-18(25)22-11-19(26)24(13-22)17-7-5-6-15(21)10-17/h5-7,10,14,16H,3-4,8-9,11-13H2,1-2H3. The van der Waals surface area contributed by atoms with E-state index < -0.39 is 0 Å². The maximum Gasteiger partial charge on any atom is 0.248 e. The molecule has 2 aliphatic rings. The maximum absolute atomic E-state index is 12.8. The largest absolute Gasteiger partial charge is 0.330 e. The lowest BCUT2D eigenvalue weighted by Crippen LogP contribution is -2.45. The second-order valence-electron chi connectivity index (χ2n) is 7.25. The molecule has 1 saturated carbocycles. The smallest absolute Gasteiger partial charge is 0.248 e. The van der Waals surface area contributed by atoms with Crippen molar-refractivity contribution in [3.63, 3.8) is 0 Å². The van der Waals surface area contributed by atoms with Crippen molar-refractivity contribution in [2.75, 3.05) is 24.7 Å². The van der Waals surface area contributed by atoms with Crippen LogP contribution in [0.5, 0.6) is 0 Å². The molecule has 7 heteroatoms. The predicted octanol–water partition coefficient (Wildman–Crippen LogP) is 2.90. The fourth-order valence-corrected chi connectivity index (χ4v) is 3.66. The number of nitrogens with zero attached hydrogens (tertiary/aromatic N) is 3. The molecule has 146 valence electrons. The lowest BCUT2D eigenvalue weighted by Gasteiger charge is -2.28. The van der Waals surface area contributed by atoms with Gasteiger partial charge in [-0.25, -0.2) is 0 Å². The van der Waals surface area contributed by atoms with E-state index in [2.05, 4.69) is 0 Å². The summed E-state index contributed by atoms with van der Waals surface area (Å²) in [6.07, 6.45) is 3.45. The summed E-state index contributed by atoms with van der Waals surface area (Å²) in [5.74, 6) is -0.302. The van der Waals surface area contributed by atoms with Crippen LogP contribution in [0.15, 0.2) is 24.3 Å². The van der Waals surface area contributed by atoms with Gasteiger partial charge in [0.15, 0.2) is 0 Å². The van der Waals surface area contributed by atoms with Crippen LogP contribution in [0.4, 0.5) is 5.69 Å². The molecular weight excluding hydrogens is 366 g/mol. The van der Waals surface area contributed by atoms with Gasteiger partial charge in [-0.05, 0) is 43.9 Å². The van der Waals surface area contributed by atoms with Crippen LogP contribution >= 0.6 is 11.6 Å². The fraction of sp³-hybridized carbons (Fsp3) is 0.550. The fourth-order valence-electron chi connectivity index (χ4n) is 3.48. The number of rotatable bonds is 7. The number of hydrogen-bond donors (Lipinski definition) is 0. The highest BCUT2D eigenvalue weighted by atomic mass is 35.5. The van der Waals surface area contributed by atoms with Crippen LogP contribution < -0.4 is 4.90 Å². The first-order valence-electron chi connectivity index (χ1n) is 9.58. The zero-order chi connectivity index (χ0) is 19.6. The van der Waals surface area contributed by atoms with E-state index in [1.807, 2.05) is 13.8 Å². The molecule has 6 nitrogen and oxygen atoms in total. The third-order valence-electron chi connectivity index (χ3n) is 5.32. The van der Waals surface area contributed by atoms with Crippen molar-refractivity contribution in [1.82, 2.24) is 9.80 Å². The zero-order valence-electron chi connectivity index (χ0n) is 15.9. The summed E-state index contributed by atoms with van der Waals surface area (Å²) in [5.41, 5.74) is 0.676. The third-order valence-corrected chi connectivity index (χ3v) is 5.56. The van der Waals surface area contributed by atoms with Gasteiger partial charge in [-0.1, -0.05) is 31.5 Å². The molecule has 1 aromatic carbocycles. The molecule has 3 rings (SSSR count). The molecule has 1 saturated heterocycles. The van der Waals surface area contributed by atoms with E-state index in [0.717, 1.165) is 25.7 Å². The van der Waals surface area contributed by atoms with Crippen LogP contribution in [0.3, 0.4) is 0 Å². The van der Waals surface area contributed by atoms with Crippen molar-refractivity contribution in [3.8, 4) is 0 Å². The summed E-state index contributed by atoms with van der Waals surface area (Å²) in [6, 6.07) is 7.19. The normalized spacial score (nSPS) is 17.0. The van der Waals surface area contributed by atoms with Crippen LogP contribution in [0, 0.1) is 5.92 Å². The molecule has 1 aliphatic carbocycles. The molecular formula is C20H26ClN3O3. The van der Waals surface area contributed by atoms with Gasteiger partial charge >= 0.3 is 0 Å². The summed E-state index contributed by atoms with van der Waals surface area (Å²) >= 11 is 6.01. The second kappa shape index (κ2) is 8.30. The van der Waals surface area contributed by atoms with E-state index in [1.54, 1.807) is 34.1 Å². The Hall–Kier alpha value is -2.08. The molecule has 3 amide bonds. The minimum atomic E-state index is -0.181. The third kappa shape index (κ3) is 4.43. The number of carbonyl (C=O) groups is 3. The van der Waals surface area contributed by atoms with Gasteiger partial charge in [-0.3, -0.25) is 19.3 Å². The van der Waals surface area contributed by atoms with Gasteiger partial charge in [0.1, 0.15) is 19.8 Å². The topological polar surface area (TPSA) is 60.9 Å². The highest BCUT2D eigenvalue weighted by Crippen LogP contribution is 2.30. The summed E-state index contributed by atoms with van der Waals surface area (Å²) in [4.78, 5) is 42.8. The Labute approximate surface area is 165 Å². The lowest BCUT2D eigenvalue weighted by atomic mass is 10.0. The molecule has 0 unspecified atom stereocenters. The number of benzene rings is 1. The highest BCUT2D eigenvalue weighted by Gasteiger charge is 2.38. The van der Waals surface area contributed by atoms with Crippen molar-refractivity contribution in [3.05, 3.63) is 29.3 Å². The summed E-state index contributed by atoms with van der Waals surface area (Å²) in [7, 11) is 0. The molecule has 2 fully saturated rings. The number of anilines is 1. The summed E-state index contributed by atoms with van der Waals surface area (Å²) < 4.78 is 0. The van der Waals surface area contributed by atoms with Gasteiger partial charge in [0.2, 0.25) is 17.7 Å². The number of hydrogen-bond acceptors (Lipinski definition) is 3. The number of carbonyl (C=O) groups excluding carboxylic acids is 3. The first-order valence-corrected chi connectivity index (χ1v) is 9.96. The molecule has 0 N–H and O–H groups in total. The first-order chi connectivity index (χ1) is 12.9. The van der Waals surface area contributed by atoms with Crippen LogP contribution in [0.2, 0.25) is 5.02 Å². The average molecular weight is 392 g/mol. The molecule has 27 heavy (non-hydrogen) atoms. The predicted molar refractivity (Wildman–Crippen MR) is 104 cm³/mol.